The number of ether oxygens (including phenoxy) is 2. The number of aromatic nitrogens is 2. The summed E-state index contributed by atoms with van der Waals surface area (Å²) in [6.45, 7) is 3.90. The van der Waals surface area contributed by atoms with Crippen LogP contribution in [0.15, 0.2) is 35.9 Å². The third-order valence-electron chi connectivity index (χ3n) is 5.22. The van der Waals surface area contributed by atoms with Crippen LogP contribution in [-0.2, 0) is 9.47 Å². The van der Waals surface area contributed by atoms with E-state index in [1.807, 2.05) is 32.1 Å². The van der Waals surface area contributed by atoms with Crippen LogP contribution in [0, 0.1) is 0 Å². The second-order valence-electron chi connectivity index (χ2n) is 7.30. The Kier molecular flexibility index (Phi) is 4.83. The topological polar surface area (TPSA) is 56.5 Å². The fourth-order valence-corrected chi connectivity index (χ4v) is 3.81. The van der Waals surface area contributed by atoms with Gasteiger partial charge in [-0.3, -0.25) is 4.68 Å². The number of phenolic OH excluding ortho intramolecular Hbond substituents is 1. The Morgan fingerprint density at radius 1 is 1.15 bits per heavy atom. The molecule has 138 valence electrons. The van der Waals surface area contributed by atoms with Crippen LogP contribution >= 0.6 is 0 Å². The first-order chi connectivity index (χ1) is 12.6. The zero-order chi connectivity index (χ0) is 18.1. The molecule has 5 nitrogen and oxygen atoms in total. The SMILES string of the molecule is C/C(=C\c1cc(-c2ccc(O)cc2)n(C2CCCCC2)n1)C1OC(C)O1. The van der Waals surface area contributed by atoms with Crippen molar-refractivity contribution in [2.75, 3.05) is 0 Å². The molecule has 2 heterocycles. The monoisotopic (exact) mass is 354 g/mol. The number of nitrogens with zero attached hydrogens (tertiary/aromatic N) is 2. The lowest BCUT2D eigenvalue weighted by Crippen LogP contribution is -2.39. The minimum Gasteiger partial charge on any atom is -0.508 e. The maximum atomic E-state index is 9.60. The third-order valence-corrected chi connectivity index (χ3v) is 5.22. The maximum absolute atomic E-state index is 9.60. The summed E-state index contributed by atoms with van der Waals surface area (Å²) in [5.41, 5.74) is 4.11. The Morgan fingerprint density at radius 2 is 1.85 bits per heavy atom. The summed E-state index contributed by atoms with van der Waals surface area (Å²) in [5.74, 6) is 0.279. The van der Waals surface area contributed by atoms with Crippen LogP contribution in [0.4, 0.5) is 0 Å². The average molecular weight is 354 g/mol. The van der Waals surface area contributed by atoms with Crippen LogP contribution in [0.2, 0.25) is 0 Å². The predicted molar refractivity (Wildman–Crippen MR) is 101 cm³/mol. The molecule has 0 bridgehead atoms. The first-order valence-corrected chi connectivity index (χ1v) is 9.48. The molecule has 26 heavy (non-hydrogen) atoms. The van der Waals surface area contributed by atoms with Crippen LogP contribution in [0.3, 0.4) is 0 Å². The Balaban J connectivity index is 1.67. The first-order valence-electron chi connectivity index (χ1n) is 9.48. The fraction of sp³-hybridized carbons (Fsp3) is 0.476. The van der Waals surface area contributed by atoms with E-state index in [4.69, 9.17) is 14.6 Å². The van der Waals surface area contributed by atoms with Gasteiger partial charge in [0.1, 0.15) is 5.75 Å². The standard InChI is InChI=1S/C21H26N2O3/c1-14(21-25-15(2)26-21)12-17-13-20(16-8-10-19(24)11-9-16)23(22-17)18-6-4-3-5-7-18/h8-13,15,18,21,24H,3-7H2,1-2H3/b14-12+. The normalized spacial score (nSPS) is 24.5. The lowest BCUT2D eigenvalue weighted by molar-refractivity contribution is -0.358. The first kappa shape index (κ1) is 17.3. The van der Waals surface area contributed by atoms with Crippen molar-refractivity contribution in [3.05, 3.63) is 41.6 Å². The van der Waals surface area contributed by atoms with E-state index in [9.17, 15) is 5.11 Å². The van der Waals surface area contributed by atoms with Crippen molar-refractivity contribution in [1.82, 2.24) is 9.78 Å². The molecule has 5 heteroatoms. The summed E-state index contributed by atoms with van der Waals surface area (Å²) >= 11 is 0. The van der Waals surface area contributed by atoms with Gasteiger partial charge in [0.15, 0.2) is 12.6 Å². The van der Waals surface area contributed by atoms with Gasteiger partial charge in [-0.25, -0.2) is 0 Å². The largest absolute Gasteiger partial charge is 0.508 e. The second kappa shape index (κ2) is 7.25. The number of aromatic hydroxyl groups is 1. The zero-order valence-electron chi connectivity index (χ0n) is 15.4. The van der Waals surface area contributed by atoms with Crippen LogP contribution < -0.4 is 0 Å². The van der Waals surface area contributed by atoms with Crippen LogP contribution in [0.5, 0.6) is 5.75 Å². The van der Waals surface area contributed by atoms with E-state index in [-0.39, 0.29) is 18.3 Å². The minimum atomic E-state index is -0.262. The van der Waals surface area contributed by atoms with Gasteiger partial charge in [0, 0.05) is 5.56 Å². The van der Waals surface area contributed by atoms with E-state index < -0.39 is 0 Å². The van der Waals surface area contributed by atoms with Gasteiger partial charge >= 0.3 is 0 Å². The number of phenols is 1. The van der Waals surface area contributed by atoms with Crippen LogP contribution in [-0.4, -0.2) is 27.5 Å². The number of hydrogen-bond donors (Lipinski definition) is 1. The van der Waals surface area contributed by atoms with E-state index in [0.29, 0.717) is 6.04 Å². The Morgan fingerprint density at radius 3 is 2.50 bits per heavy atom. The number of rotatable bonds is 4. The average Bonchev–Trinajstić information content (AvgIpc) is 3.04. The van der Waals surface area contributed by atoms with Gasteiger partial charge in [0.05, 0.1) is 17.4 Å². The molecule has 1 aliphatic heterocycles. The highest BCUT2D eigenvalue weighted by atomic mass is 16.9. The molecule has 1 saturated carbocycles. The van der Waals surface area contributed by atoms with E-state index >= 15 is 0 Å². The summed E-state index contributed by atoms with van der Waals surface area (Å²) in [4.78, 5) is 0. The summed E-state index contributed by atoms with van der Waals surface area (Å²) in [5, 5.41) is 14.5. The molecule has 2 aliphatic rings. The van der Waals surface area contributed by atoms with Gasteiger partial charge in [0.2, 0.25) is 0 Å². The van der Waals surface area contributed by atoms with Gasteiger partial charge in [0.25, 0.3) is 0 Å². The van der Waals surface area contributed by atoms with Crippen molar-refractivity contribution in [2.24, 2.45) is 0 Å². The molecular weight excluding hydrogens is 328 g/mol. The Hall–Kier alpha value is -2.11. The molecule has 0 unspecified atom stereocenters. The second-order valence-corrected chi connectivity index (χ2v) is 7.30. The molecule has 0 radical (unpaired) electrons. The Labute approximate surface area is 154 Å². The van der Waals surface area contributed by atoms with Gasteiger partial charge in [-0.15, -0.1) is 0 Å². The number of hydrogen-bond acceptors (Lipinski definition) is 4. The quantitative estimate of drug-likeness (QED) is 0.850. The van der Waals surface area contributed by atoms with Crippen molar-refractivity contribution in [1.29, 1.82) is 0 Å². The zero-order valence-corrected chi connectivity index (χ0v) is 15.4. The number of benzene rings is 1. The summed E-state index contributed by atoms with van der Waals surface area (Å²) in [7, 11) is 0. The minimum absolute atomic E-state index is 0.129. The van der Waals surface area contributed by atoms with Crippen molar-refractivity contribution < 1.29 is 14.6 Å². The lowest BCUT2D eigenvalue weighted by Gasteiger charge is -2.34. The van der Waals surface area contributed by atoms with E-state index in [0.717, 1.165) is 22.5 Å². The van der Waals surface area contributed by atoms with Crippen molar-refractivity contribution >= 4 is 6.08 Å². The maximum Gasteiger partial charge on any atom is 0.185 e. The van der Waals surface area contributed by atoms with Gasteiger partial charge in [-0.05, 0) is 68.7 Å². The highest BCUT2D eigenvalue weighted by molar-refractivity contribution is 5.65. The smallest absolute Gasteiger partial charge is 0.185 e. The highest BCUT2D eigenvalue weighted by Gasteiger charge is 2.28. The van der Waals surface area contributed by atoms with Gasteiger partial charge < -0.3 is 14.6 Å². The molecule has 1 N–H and O–H groups in total. The molecule has 4 rings (SSSR count). The third kappa shape index (κ3) is 3.55. The molecule has 2 fully saturated rings. The van der Waals surface area contributed by atoms with E-state index in [2.05, 4.69) is 10.7 Å². The van der Waals surface area contributed by atoms with Crippen LogP contribution in [0.1, 0.15) is 57.7 Å². The van der Waals surface area contributed by atoms with Crippen molar-refractivity contribution in [3.63, 3.8) is 0 Å². The molecule has 0 amide bonds. The molecule has 1 aromatic heterocycles. The molecule has 2 aromatic rings. The molecule has 0 atom stereocenters. The van der Waals surface area contributed by atoms with E-state index in [1.165, 1.54) is 32.1 Å². The summed E-state index contributed by atoms with van der Waals surface area (Å²) < 4.78 is 13.3. The van der Waals surface area contributed by atoms with Crippen LogP contribution in [0.25, 0.3) is 17.3 Å². The lowest BCUT2D eigenvalue weighted by atomic mass is 9.95. The predicted octanol–water partition coefficient (Wildman–Crippen LogP) is 4.88. The molecule has 1 aromatic carbocycles. The Bertz CT molecular complexity index is 782. The molecule has 0 spiro atoms. The van der Waals surface area contributed by atoms with E-state index in [1.54, 1.807) is 12.1 Å². The van der Waals surface area contributed by atoms with Crippen molar-refractivity contribution in [2.45, 2.75) is 64.6 Å². The molecular formula is C21H26N2O3. The molecule has 1 saturated heterocycles. The van der Waals surface area contributed by atoms with Gasteiger partial charge in [-0.1, -0.05) is 19.3 Å². The summed E-state index contributed by atoms with van der Waals surface area (Å²) in [6.07, 6.45) is 7.81. The molecule has 1 aliphatic carbocycles. The summed E-state index contributed by atoms with van der Waals surface area (Å²) in [6, 6.07) is 9.91. The fourth-order valence-electron chi connectivity index (χ4n) is 3.81. The highest BCUT2D eigenvalue weighted by Crippen LogP contribution is 2.34. The van der Waals surface area contributed by atoms with Crippen molar-refractivity contribution in [3.8, 4) is 17.0 Å². The van der Waals surface area contributed by atoms with Gasteiger partial charge in [-0.2, -0.15) is 5.10 Å².